The maximum atomic E-state index is 12.2. The van der Waals surface area contributed by atoms with Gasteiger partial charge in [0.2, 0.25) is 0 Å². The second-order valence-corrected chi connectivity index (χ2v) is 6.71. The van der Waals surface area contributed by atoms with Gasteiger partial charge in [-0.2, -0.15) is 5.10 Å². The number of likely N-dealkylation sites (tertiary alicyclic amines) is 1. The van der Waals surface area contributed by atoms with Crippen LogP contribution in [0.3, 0.4) is 0 Å². The minimum atomic E-state index is -0.0933. The Morgan fingerprint density at radius 2 is 2.04 bits per heavy atom. The first-order valence-corrected chi connectivity index (χ1v) is 9.07. The lowest BCUT2D eigenvalue weighted by Gasteiger charge is -2.37. The normalized spacial score (nSPS) is 21.2. The zero-order valence-electron chi connectivity index (χ0n) is 15.1. The fourth-order valence-electron chi connectivity index (χ4n) is 3.81. The average Bonchev–Trinajstić information content (AvgIpc) is 3.13. The predicted octanol–water partition coefficient (Wildman–Crippen LogP) is 2.72. The number of benzene rings is 1. The summed E-state index contributed by atoms with van der Waals surface area (Å²) in [6.07, 6.45) is 3.67. The van der Waals surface area contributed by atoms with Crippen LogP contribution in [0.4, 0.5) is 0 Å². The van der Waals surface area contributed by atoms with Crippen molar-refractivity contribution in [2.75, 3.05) is 26.7 Å². The van der Waals surface area contributed by atoms with Crippen LogP contribution in [0.2, 0.25) is 0 Å². The van der Waals surface area contributed by atoms with Crippen molar-refractivity contribution in [2.45, 2.75) is 32.2 Å². The molecule has 0 aliphatic carbocycles. The highest BCUT2D eigenvalue weighted by atomic mass is 16.5. The average molecular weight is 341 g/mol. The molecule has 134 valence electrons. The fourth-order valence-corrected chi connectivity index (χ4v) is 3.81. The summed E-state index contributed by atoms with van der Waals surface area (Å²) in [5.41, 5.74) is 2.55. The van der Waals surface area contributed by atoms with E-state index >= 15 is 0 Å². The highest BCUT2D eigenvalue weighted by molar-refractivity contribution is 5.72. The van der Waals surface area contributed by atoms with Crippen LogP contribution in [-0.2, 0) is 22.5 Å². The largest absolute Gasteiger partial charge is 0.469 e. The van der Waals surface area contributed by atoms with Crippen LogP contribution in [0.25, 0.3) is 0 Å². The summed E-state index contributed by atoms with van der Waals surface area (Å²) in [6.45, 7) is 5.69. The Hall–Kier alpha value is -2.14. The molecule has 3 rings (SSSR count). The lowest BCUT2D eigenvalue weighted by atomic mass is 9.84. The quantitative estimate of drug-likeness (QED) is 0.758. The van der Waals surface area contributed by atoms with Gasteiger partial charge in [-0.1, -0.05) is 30.3 Å². The van der Waals surface area contributed by atoms with Crippen molar-refractivity contribution in [3.63, 3.8) is 0 Å². The lowest BCUT2D eigenvalue weighted by Crippen LogP contribution is -2.43. The van der Waals surface area contributed by atoms with E-state index in [4.69, 9.17) is 4.74 Å². The number of piperidine rings is 1. The molecule has 1 aromatic carbocycles. The smallest absolute Gasteiger partial charge is 0.309 e. The topological polar surface area (TPSA) is 47.4 Å². The van der Waals surface area contributed by atoms with E-state index in [-0.39, 0.29) is 11.9 Å². The Labute approximate surface area is 149 Å². The standard InChI is InChI=1S/C20H27N3O2/c1-3-23-19(9-11-21-23)10-12-22-14-17(16-7-5-4-6-8-16)13-18(15-22)20(24)25-2/h4-9,11,17-18H,3,10,12-15H2,1-2H3/t17-,18+/m1/s1. The number of carbonyl (C=O) groups is 1. The van der Waals surface area contributed by atoms with E-state index < -0.39 is 0 Å². The van der Waals surface area contributed by atoms with Gasteiger partial charge in [0, 0.05) is 44.5 Å². The molecule has 25 heavy (non-hydrogen) atoms. The third kappa shape index (κ3) is 4.28. The van der Waals surface area contributed by atoms with Gasteiger partial charge in [-0.25, -0.2) is 0 Å². The molecule has 0 saturated carbocycles. The van der Waals surface area contributed by atoms with Gasteiger partial charge in [0.15, 0.2) is 0 Å². The zero-order valence-corrected chi connectivity index (χ0v) is 15.1. The van der Waals surface area contributed by atoms with E-state index in [1.54, 1.807) is 0 Å². The number of esters is 1. The van der Waals surface area contributed by atoms with Gasteiger partial charge in [-0.3, -0.25) is 9.48 Å². The molecule has 1 aliphatic heterocycles. The van der Waals surface area contributed by atoms with Crippen molar-refractivity contribution in [1.29, 1.82) is 0 Å². The molecule has 0 bridgehead atoms. The number of nitrogens with zero attached hydrogens (tertiary/aromatic N) is 3. The molecular formula is C20H27N3O2. The number of methoxy groups -OCH3 is 1. The van der Waals surface area contributed by atoms with Crippen LogP contribution in [0.5, 0.6) is 0 Å². The molecule has 1 aromatic heterocycles. The van der Waals surface area contributed by atoms with Gasteiger partial charge in [-0.05, 0) is 30.9 Å². The summed E-state index contributed by atoms with van der Waals surface area (Å²) < 4.78 is 7.07. The second-order valence-electron chi connectivity index (χ2n) is 6.71. The zero-order chi connectivity index (χ0) is 17.6. The minimum Gasteiger partial charge on any atom is -0.469 e. The molecule has 0 unspecified atom stereocenters. The molecule has 0 spiro atoms. The maximum absolute atomic E-state index is 12.2. The number of ether oxygens (including phenoxy) is 1. The van der Waals surface area contributed by atoms with E-state index in [0.29, 0.717) is 5.92 Å². The second kappa shape index (κ2) is 8.30. The summed E-state index contributed by atoms with van der Waals surface area (Å²) >= 11 is 0. The number of rotatable bonds is 6. The molecule has 5 heteroatoms. The van der Waals surface area contributed by atoms with Crippen LogP contribution in [0.1, 0.15) is 30.5 Å². The summed E-state index contributed by atoms with van der Waals surface area (Å²) in [6, 6.07) is 12.6. The number of aryl methyl sites for hydroxylation is 1. The molecule has 5 nitrogen and oxygen atoms in total. The van der Waals surface area contributed by atoms with Crippen LogP contribution < -0.4 is 0 Å². The molecule has 2 atom stereocenters. The molecule has 0 radical (unpaired) electrons. The van der Waals surface area contributed by atoms with E-state index in [2.05, 4.69) is 47.3 Å². The van der Waals surface area contributed by atoms with Crippen molar-refractivity contribution in [3.8, 4) is 0 Å². The Morgan fingerprint density at radius 1 is 1.24 bits per heavy atom. The first-order chi connectivity index (χ1) is 12.2. The highest BCUT2D eigenvalue weighted by Crippen LogP contribution is 2.31. The van der Waals surface area contributed by atoms with E-state index in [1.807, 2.05) is 16.9 Å². The van der Waals surface area contributed by atoms with Crippen molar-refractivity contribution in [1.82, 2.24) is 14.7 Å². The molecule has 2 heterocycles. The Balaban J connectivity index is 1.70. The van der Waals surface area contributed by atoms with Gasteiger partial charge < -0.3 is 9.64 Å². The van der Waals surface area contributed by atoms with Gasteiger partial charge >= 0.3 is 5.97 Å². The summed E-state index contributed by atoms with van der Waals surface area (Å²) in [5.74, 6) is 0.222. The minimum absolute atomic E-state index is 0.0555. The molecule has 1 fully saturated rings. The predicted molar refractivity (Wildman–Crippen MR) is 97.4 cm³/mol. The van der Waals surface area contributed by atoms with Crippen molar-refractivity contribution >= 4 is 5.97 Å². The molecule has 1 aliphatic rings. The fraction of sp³-hybridized carbons (Fsp3) is 0.500. The van der Waals surface area contributed by atoms with E-state index in [1.165, 1.54) is 18.4 Å². The first-order valence-electron chi connectivity index (χ1n) is 9.07. The summed E-state index contributed by atoms with van der Waals surface area (Å²) in [7, 11) is 1.48. The van der Waals surface area contributed by atoms with Crippen LogP contribution >= 0.6 is 0 Å². The molecular weight excluding hydrogens is 314 g/mol. The van der Waals surface area contributed by atoms with E-state index in [9.17, 15) is 4.79 Å². The Morgan fingerprint density at radius 3 is 2.76 bits per heavy atom. The highest BCUT2D eigenvalue weighted by Gasteiger charge is 2.32. The first kappa shape index (κ1) is 17.7. The Bertz CT molecular complexity index is 683. The van der Waals surface area contributed by atoms with Gasteiger partial charge in [-0.15, -0.1) is 0 Å². The summed E-state index contributed by atoms with van der Waals surface area (Å²) in [4.78, 5) is 14.6. The maximum Gasteiger partial charge on any atom is 0.309 e. The van der Waals surface area contributed by atoms with Gasteiger partial charge in [0.25, 0.3) is 0 Å². The monoisotopic (exact) mass is 341 g/mol. The molecule has 0 amide bonds. The SMILES string of the molecule is CCn1nccc1CCN1C[C@@H](C(=O)OC)C[C@@H](c2ccccc2)C1. The number of carbonyl (C=O) groups excluding carboxylic acids is 1. The molecule has 0 N–H and O–H groups in total. The lowest BCUT2D eigenvalue weighted by molar-refractivity contribution is -0.147. The molecule has 2 aromatic rings. The van der Waals surface area contributed by atoms with Crippen molar-refractivity contribution < 1.29 is 9.53 Å². The van der Waals surface area contributed by atoms with Crippen LogP contribution in [-0.4, -0.2) is 47.4 Å². The number of hydrogen-bond acceptors (Lipinski definition) is 4. The van der Waals surface area contributed by atoms with Gasteiger partial charge in [0.05, 0.1) is 13.0 Å². The Kier molecular flexibility index (Phi) is 5.87. The third-order valence-corrected chi connectivity index (χ3v) is 5.12. The van der Waals surface area contributed by atoms with Crippen molar-refractivity contribution in [3.05, 3.63) is 53.9 Å². The van der Waals surface area contributed by atoms with Crippen molar-refractivity contribution in [2.24, 2.45) is 5.92 Å². The van der Waals surface area contributed by atoms with E-state index in [0.717, 1.165) is 39.0 Å². The molecule has 1 saturated heterocycles. The third-order valence-electron chi connectivity index (χ3n) is 5.12. The van der Waals surface area contributed by atoms with Crippen LogP contribution in [0, 0.1) is 5.92 Å². The number of hydrogen-bond donors (Lipinski definition) is 0. The summed E-state index contributed by atoms with van der Waals surface area (Å²) in [5, 5.41) is 4.34. The van der Waals surface area contributed by atoms with Crippen LogP contribution in [0.15, 0.2) is 42.6 Å². The van der Waals surface area contributed by atoms with Gasteiger partial charge in [0.1, 0.15) is 0 Å². The number of aromatic nitrogens is 2.